The van der Waals surface area contributed by atoms with E-state index in [4.69, 9.17) is 4.74 Å². The zero-order valence-electron chi connectivity index (χ0n) is 12.9. The van der Waals surface area contributed by atoms with E-state index in [1.807, 2.05) is 19.2 Å². The lowest BCUT2D eigenvalue weighted by molar-refractivity contribution is -0.129. The number of carbonyl (C=O) groups excluding carboxylic acids is 1. The molecule has 118 valence electrons. The molecule has 0 fully saturated rings. The Morgan fingerprint density at radius 3 is 2.82 bits per heavy atom. The van der Waals surface area contributed by atoms with Gasteiger partial charge in [-0.15, -0.1) is 11.3 Å². The van der Waals surface area contributed by atoms with Crippen LogP contribution in [0.4, 0.5) is 4.39 Å². The molecule has 2 aromatic rings. The lowest BCUT2D eigenvalue weighted by Crippen LogP contribution is -2.28. The number of benzene rings is 1. The molecule has 0 saturated heterocycles. The van der Waals surface area contributed by atoms with Crippen LogP contribution in [-0.2, 0) is 17.8 Å². The third kappa shape index (κ3) is 4.27. The van der Waals surface area contributed by atoms with Crippen molar-refractivity contribution in [1.29, 1.82) is 0 Å². The summed E-state index contributed by atoms with van der Waals surface area (Å²) in [5.74, 6) is -0.0894. The largest absolute Gasteiger partial charge is 0.494 e. The van der Waals surface area contributed by atoms with Crippen molar-refractivity contribution in [2.45, 2.75) is 26.8 Å². The first kappa shape index (κ1) is 16.4. The quantitative estimate of drug-likeness (QED) is 0.820. The number of hydrogen-bond acceptors (Lipinski definition) is 4. The number of thiazole rings is 1. The highest BCUT2D eigenvalue weighted by molar-refractivity contribution is 7.09. The van der Waals surface area contributed by atoms with Gasteiger partial charge in [0.1, 0.15) is 11.6 Å². The maximum atomic E-state index is 14.0. The third-order valence-corrected chi connectivity index (χ3v) is 3.99. The summed E-state index contributed by atoms with van der Waals surface area (Å²) in [6, 6.07) is 4.59. The van der Waals surface area contributed by atoms with Gasteiger partial charge in [-0.2, -0.15) is 0 Å². The van der Waals surface area contributed by atoms with Crippen LogP contribution in [0.5, 0.6) is 5.75 Å². The summed E-state index contributed by atoms with van der Waals surface area (Å²) < 4.78 is 19.2. The molecular weight excluding hydrogens is 303 g/mol. The Morgan fingerprint density at radius 1 is 1.45 bits per heavy atom. The fourth-order valence-corrected chi connectivity index (χ4v) is 2.64. The van der Waals surface area contributed by atoms with Gasteiger partial charge < -0.3 is 9.64 Å². The number of aryl methyl sites for hydroxylation is 1. The number of carbonyl (C=O) groups is 1. The summed E-state index contributed by atoms with van der Waals surface area (Å²) in [5.41, 5.74) is 1.22. The zero-order chi connectivity index (χ0) is 16.1. The Morgan fingerprint density at radius 2 is 2.23 bits per heavy atom. The Balaban J connectivity index is 1.98. The van der Waals surface area contributed by atoms with Crippen LogP contribution in [0.3, 0.4) is 0 Å². The van der Waals surface area contributed by atoms with E-state index in [0.717, 1.165) is 10.7 Å². The monoisotopic (exact) mass is 322 g/mol. The topological polar surface area (TPSA) is 42.4 Å². The van der Waals surface area contributed by atoms with Crippen LogP contribution in [0, 0.1) is 12.7 Å². The number of halogens is 1. The van der Waals surface area contributed by atoms with Crippen molar-refractivity contribution in [2.24, 2.45) is 0 Å². The Bertz CT molecular complexity index is 657. The van der Waals surface area contributed by atoms with Crippen LogP contribution < -0.4 is 4.74 Å². The van der Waals surface area contributed by atoms with Crippen LogP contribution in [-0.4, -0.2) is 29.4 Å². The molecule has 1 amide bonds. The van der Waals surface area contributed by atoms with Crippen LogP contribution in [0.15, 0.2) is 23.6 Å². The molecular formula is C16H19FN2O2S. The predicted molar refractivity (Wildman–Crippen MR) is 84.6 cm³/mol. The lowest BCUT2D eigenvalue weighted by atomic mass is 10.1. The molecule has 0 saturated carbocycles. The van der Waals surface area contributed by atoms with E-state index in [1.165, 1.54) is 6.07 Å². The molecule has 0 unspecified atom stereocenters. The number of rotatable bonds is 6. The summed E-state index contributed by atoms with van der Waals surface area (Å²) in [5, 5.41) is 2.89. The molecule has 6 heteroatoms. The van der Waals surface area contributed by atoms with E-state index in [0.29, 0.717) is 24.5 Å². The van der Waals surface area contributed by atoms with E-state index < -0.39 is 5.82 Å². The summed E-state index contributed by atoms with van der Waals surface area (Å²) in [4.78, 5) is 18.1. The second kappa shape index (κ2) is 7.35. The van der Waals surface area contributed by atoms with Crippen LogP contribution in [0.25, 0.3) is 0 Å². The molecule has 0 atom stereocenters. The van der Waals surface area contributed by atoms with Crippen molar-refractivity contribution in [2.75, 3.05) is 13.7 Å². The fraction of sp³-hybridized carbons (Fsp3) is 0.375. The zero-order valence-corrected chi connectivity index (χ0v) is 13.7. The second-order valence-corrected chi connectivity index (χ2v) is 6.03. The van der Waals surface area contributed by atoms with Gasteiger partial charge in [0.2, 0.25) is 5.91 Å². The fourth-order valence-electron chi connectivity index (χ4n) is 2.04. The van der Waals surface area contributed by atoms with Crippen molar-refractivity contribution in [3.8, 4) is 5.75 Å². The highest BCUT2D eigenvalue weighted by atomic mass is 32.1. The van der Waals surface area contributed by atoms with Crippen molar-refractivity contribution in [3.05, 3.63) is 45.7 Å². The van der Waals surface area contributed by atoms with E-state index in [9.17, 15) is 9.18 Å². The summed E-state index contributed by atoms with van der Waals surface area (Å²) >= 11 is 1.55. The molecule has 0 bridgehead atoms. The molecule has 1 aromatic carbocycles. The van der Waals surface area contributed by atoms with Gasteiger partial charge in [-0.25, -0.2) is 9.37 Å². The number of hydrogen-bond donors (Lipinski definition) is 0. The molecule has 4 nitrogen and oxygen atoms in total. The van der Waals surface area contributed by atoms with Gasteiger partial charge in [-0.1, -0.05) is 6.07 Å². The lowest BCUT2D eigenvalue weighted by Gasteiger charge is -2.16. The summed E-state index contributed by atoms with van der Waals surface area (Å²) in [6.45, 7) is 4.67. The van der Waals surface area contributed by atoms with Gasteiger partial charge >= 0.3 is 0 Å². The first-order valence-corrected chi connectivity index (χ1v) is 7.93. The van der Waals surface area contributed by atoms with Gasteiger partial charge in [0.05, 0.1) is 30.3 Å². The molecule has 22 heavy (non-hydrogen) atoms. The van der Waals surface area contributed by atoms with E-state index in [2.05, 4.69) is 4.98 Å². The third-order valence-electron chi connectivity index (χ3n) is 3.17. The minimum absolute atomic E-state index is 0.0257. The van der Waals surface area contributed by atoms with Crippen LogP contribution >= 0.6 is 11.3 Å². The van der Waals surface area contributed by atoms with Crippen molar-refractivity contribution >= 4 is 17.2 Å². The van der Waals surface area contributed by atoms with E-state index >= 15 is 0 Å². The van der Waals surface area contributed by atoms with Crippen molar-refractivity contribution in [3.63, 3.8) is 0 Å². The number of likely N-dealkylation sites (N-methyl/N-ethyl adjacent to an activating group) is 1. The molecule has 2 rings (SSSR count). The summed E-state index contributed by atoms with van der Waals surface area (Å²) in [6.07, 6.45) is 0.0257. The van der Waals surface area contributed by atoms with E-state index in [1.54, 1.807) is 35.4 Å². The predicted octanol–water partition coefficient (Wildman–Crippen LogP) is 3.19. The normalized spacial score (nSPS) is 10.5. The molecule has 0 aliphatic rings. The van der Waals surface area contributed by atoms with Gasteiger partial charge in [-0.3, -0.25) is 4.79 Å². The number of amides is 1. The van der Waals surface area contributed by atoms with Gasteiger partial charge in [0.15, 0.2) is 0 Å². The average molecular weight is 322 g/mol. The molecule has 0 aliphatic carbocycles. The van der Waals surface area contributed by atoms with Gasteiger partial charge in [0.25, 0.3) is 0 Å². The number of aromatic nitrogens is 1. The second-order valence-electron chi connectivity index (χ2n) is 4.97. The SMILES string of the molecule is CCOc1ccc(CC(=O)N(C)Cc2csc(C)n2)c(F)c1. The Kier molecular flexibility index (Phi) is 5.49. The van der Waals surface area contributed by atoms with Crippen LogP contribution in [0.1, 0.15) is 23.2 Å². The molecule has 1 heterocycles. The Hall–Kier alpha value is -1.95. The minimum atomic E-state index is -0.419. The average Bonchev–Trinajstić information content (AvgIpc) is 2.87. The maximum Gasteiger partial charge on any atom is 0.227 e. The van der Waals surface area contributed by atoms with Gasteiger partial charge in [-0.05, 0) is 25.5 Å². The highest BCUT2D eigenvalue weighted by Gasteiger charge is 2.14. The molecule has 1 aromatic heterocycles. The van der Waals surface area contributed by atoms with Gasteiger partial charge in [0, 0.05) is 18.5 Å². The molecule has 0 N–H and O–H groups in total. The van der Waals surface area contributed by atoms with Crippen LogP contribution in [0.2, 0.25) is 0 Å². The minimum Gasteiger partial charge on any atom is -0.494 e. The smallest absolute Gasteiger partial charge is 0.227 e. The first-order valence-electron chi connectivity index (χ1n) is 7.05. The molecule has 0 spiro atoms. The number of ether oxygens (including phenoxy) is 1. The Labute approximate surface area is 133 Å². The standard InChI is InChI=1S/C16H19FN2O2S/c1-4-21-14-6-5-12(15(17)8-14)7-16(20)19(3)9-13-10-22-11(2)18-13/h5-6,8,10H,4,7,9H2,1-3H3. The maximum absolute atomic E-state index is 14.0. The summed E-state index contributed by atoms with van der Waals surface area (Å²) in [7, 11) is 1.70. The van der Waals surface area contributed by atoms with E-state index in [-0.39, 0.29) is 12.3 Å². The van der Waals surface area contributed by atoms with Crippen molar-refractivity contribution < 1.29 is 13.9 Å². The first-order chi connectivity index (χ1) is 10.5. The molecule has 0 radical (unpaired) electrons. The molecule has 0 aliphatic heterocycles. The number of nitrogens with zero attached hydrogens (tertiary/aromatic N) is 2. The van der Waals surface area contributed by atoms with Crippen molar-refractivity contribution in [1.82, 2.24) is 9.88 Å². The highest BCUT2D eigenvalue weighted by Crippen LogP contribution is 2.18.